The molecule has 1 aliphatic carbocycles. The third-order valence-corrected chi connectivity index (χ3v) is 6.28. The van der Waals surface area contributed by atoms with Crippen molar-refractivity contribution in [2.45, 2.75) is 31.7 Å². The molecule has 31 heavy (non-hydrogen) atoms. The van der Waals surface area contributed by atoms with Crippen molar-refractivity contribution < 1.29 is 9.18 Å². The van der Waals surface area contributed by atoms with Crippen LogP contribution < -0.4 is 10.2 Å². The van der Waals surface area contributed by atoms with Gasteiger partial charge in [0, 0.05) is 23.7 Å². The van der Waals surface area contributed by atoms with Gasteiger partial charge in [-0.1, -0.05) is 35.3 Å². The van der Waals surface area contributed by atoms with Crippen LogP contribution in [-0.2, 0) is 0 Å². The molecular formula is C23H23Cl2FN4O. The maximum absolute atomic E-state index is 14.5. The number of benzene rings is 2. The van der Waals surface area contributed by atoms with E-state index in [0.29, 0.717) is 33.8 Å². The monoisotopic (exact) mass is 460 g/mol. The first-order chi connectivity index (χ1) is 15.0. The van der Waals surface area contributed by atoms with Crippen LogP contribution in [0.15, 0.2) is 54.7 Å². The summed E-state index contributed by atoms with van der Waals surface area (Å²) in [6.07, 6.45) is 5.21. The summed E-state index contributed by atoms with van der Waals surface area (Å²) in [6, 6.07) is 13.5. The first-order valence-corrected chi connectivity index (χ1v) is 11.0. The number of nitrogens with zero attached hydrogens (tertiary/aromatic N) is 2. The lowest BCUT2D eigenvalue weighted by Gasteiger charge is -2.33. The summed E-state index contributed by atoms with van der Waals surface area (Å²) in [5.41, 5.74) is 0.916. The van der Waals surface area contributed by atoms with Gasteiger partial charge in [-0.15, -0.1) is 0 Å². The summed E-state index contributed by atoms with van der Waals surface area (Å²) in [5, 5.41) is 10.9. The van der Waals surface area contributed by atoms with E-state index in [1.54, 1.807) is 36.5 Å². The molecule has 5 nitrogen and oxygen atoms in total. The number of aromatic amines is 1. The number of rotatable bonds is 6. The van der Waals surface area contributed by atoms with E-state index in [-0.39, 0.29) is 17.8 Å². The lowest BCUT2D eigenvalue weighted by molar-refractivity contribution is 0.0922. The first kappa shape index (κ1) is 21.7. The number of aromatic nitrogens is 2. The van der Waals surface area contributed by atoms with Gasteiger partial charge in [-0.3, -0.25) is 9.89 Å². The van der Waals surface area contributed by atoms with Crippen molar-refractivity contribution in [3.05, 3.63) is 76.2 Å². The highest BCUT2D eigenvalue weighted by Crippen LogP contribution is 2.32. The van der Waals surface area contributed by atoms with Crippen LogP contribution >= 0.6 is 23.2 Å². The number of nitrogens with one attached hydrogen (secondary N) is 2. The largest absolute Gasteiger partial charge is 0.349 e. The molecule has 1 fully saturated rings. The van der Waals surface area contributed by atoms with Crippen molar-refractivity contribution in [3.8, 4) is 0 Å². The Bertz CT molecular complexity index is 1040. The van der Waals surface area contributed by atoms with Crippen LogP contribution in [0.25, 0.3) is 0 Å². The summed E-state index contributed by atoms with van der Waals surface area (Å²) in [4.78, 5) is 14.6. The number of halogens is 3. The molecule has 2 aromatic carbocycles. The second-order valence-electron chi connectivity index (χ2n) is 7.82. The number of para-hydroxylation sites is 1. The molecule has 1 amide bonds. The van der Waals surface area contributed by atoms with E-state index >= 15 is 0 Å². The van der Waals surface area contributed by atoms with Gasteiger partial charge in [0.15, 0.2) is 0 Å². The molecule has 0 saturated heterocycles. The van der Waals surface area contributed by atoms with Crippen LogP contribution in [0.5, 0.6) is 0 Å². The third kappa shape index (κ3) is 5.20. The zero-order valence-corrected chi connectivity index (χ0v) is 18.3. The Morgan fingerprint density at radius 1 is 1.13 bits per heavy atom. The van der Waals surface area contributed by atoms with E-state index in [4.69, 9.17) is 23.2 Å². The SMILES string of the molecule is O=C(NC1CCC(CN(c2ccn[nH]2)c2ccccc2F)CC1)c1cc(Cl)ccc1Cl. The standard InChI is InChI=1S/C23H23Cl2FN4O/c24-16-7-10-19(25)18(13-16)23(31)28-17-8-5-15(6-9-17)14-30(22-11-12-27-29-22)21-4-2-1-3-20(21)26/h1-4,7,10-13,15,17H,5-6,8-9,14H2,(H,27,29)(H,28,31). The minimum Gasteiger partial charge on any atom is -0.349 e. The average Bonchev–Trinajstić information content (AvgIpc) is 3.30. The third-order valence-electron chi connectivity index (χ3n) is 5.72. The van der Waals surface area contributed by atoms with Gasteiger partial charge in [0.1, 0.15) is 11.6 Å². The molecule has 1 saturated carbocycles. The molecule has 0 aliphatic heterocycles. The molecule has 1 aliphatic rings. The second kappa shape index (κ2) is 9.71. The lowest BCUT2D eigenvalue weighted by atomic mass is 9.85. The van der Waals surface area contributed by atoms with E-state index < -0.39 is 0 Å². The maximum atomic E-state index is 14.5. The number of anilines is 2. The zero-order chi connectivity index (χ0) is 21.8. The van der Waals surface area contributed by atoms with Crippen molar-refractivity contribution in [3.63, 3.8) is 0 Å². The maximum Gasteiger partial charge on any atom is 0.253 e. The normalized spacial score (nSPS) is 18.5. The highest BCUT2D eigenvalue weighted by Gasteiger charge is 2.26. The van der Waals surface area contributed by atoms with Crippen LogP contribution in [0.1, 0.15) is 36.0 Å². The average molecular weight is 461 g/mol. The van der Waals surface area contributed by atoms with Gasteiger partial charge in [0.25, 0.3) is 5.91 Å². The molecular weight excluding hydrogens is 438 g/mol. The van der Waals surface area contributed by atoms with Gasteiger partial charge < -0.3 is 10.2 Å². The fourth-order valence-corrected chi connectivity index (χ4v) is 4.45. The smallest absolute Gasteiger partial charge is 0.253 e. The van der Waals surface area contributed by atoms with Crippen molar-refractivity contribution in [2.24, 2.45) is 5.92 Å². The zero-order valence-electron chi connectivity index (χ0n) is 16.8. The number of hydrogen-bond donors (Lipinski definition) is 2. The first-order valence-electron chi connectivity index (χ1n) is 10.3. The van der Waals surface area contributed by atoms with Crippen molar-refractivity contribution in [1.29, 1.82) is 0 Å². The molecule has 1 aromatic heterocycles. The summed E-state index contributed by atoms with van der Waals surface area (Å²) >= 11 is 12.1. The molecule has 3 aromatic rings. The van der Waals surface area contributed by atoms with Crippen LogP contribution in [0, 0.1) is 11.7 Å². The lowest BCUT2D eigenvalue weighted by Crippen LogP contribution is -2.39. The molecule has 0 radical (unpaired) electrons. The highest BCUT2D eigenvalue weighted by molar-refractivity contribution is 6.35. The topological polar surface area (TPSA) is 61.0 Å². The van der Waals surface area contributed by atoms with Crippen LogP contribution in [0.3, 0.4) is 0 Å². The van der Waals surface area contributed by atoms with E-state index in [9.17, 15) is 9.18 Å². The molecule has 0 atom stereocenters. The Hall–Kier alpha value is -2.57. The minimum atomic E-state index is -0.267. The molecule has 4 rings (SSSR count). The molecule has 162 valence electrons. The predicted molar refractivity (Wildman–Crippen MR) is 122 cm³/mol. The van der Waals surface area contributed by atoms with E-state index in [1.165, 1.54) is 6.07 Å². The van der Waals surface area contributed by atoms with Crippen molar-refractivity contribution in [1.82, 2.24) is 15.5 Å². The summed E-state index contributed by atoms with van der Waals surface area (Å²) in [6.45, 7) is 0.671. The van der Waals surface area contributed by atoms with E-state index in [2.05, 4.69) is 15.5 Å². The van der Waals surface area contributed by atoms with Gasteiger partial charge in [0.2, 0.25) is 0 Å². The van der Waals surface area contributed by atoms with Crippen LogP contribution in [0.2, 0.25) is 10.0 Å². The predicted octanol–water partition coefficient (Wildman–Crippen LogP) is 5.98. The van der Waals surface area contributed by atoms with Gasteiger partial charge >= 0.3 is 0 Å². The van der Waals surface area contributed by atoms with Gasteiger partial charge in [-0.25, -0.2) is 4.39 Å². The van der Waals surface area contributed by atoms with Crippen LogP contribution in [0.4, 0.5) is 15.9 Å². The number of carbonyl (C=O) groups is 1. The Morgan fingerprint density at radius 2 is 1.90 bits per heavy atom. The van der Waals surface area contributed by atoms with E-state index in [0.717, 1.165) is 31.5 Å². The molecule has 2 N–H and O–H groups in total. The summed E-state index contributed by atoms with van der Waals surface area (Å²) < 4.78 is 14.5. The fraction of sp³-hybridized carbons (Fsp3) is 0.304. The Kier molecular flexibility index (Phi) is 6.78. The second-order valence-corrected chi connectivity index (χ2v) is 8.66. The highest BCUT2D eigenvalue weighted by atomic mass is 35.5. The molecule has 8 heteroatoms. The van der Waals surface area contributed by atoms with Gasteiger partial charge in [-0.05, 0) is 61.9 Å². The quantitative estimate of drug-likeness (QED) is 0.475. The number of carbonyl (C=O) groups excluding carboxylic acids is 1. The Morgan fingerprint density at radius 3 is 2.61 bits per heavy atom. The fourth-order valence-electron chi connectivity index (χ4n) is 4.08. The molecule has 0 unspecified atom stereocenters. The summed E-state index contributed by atoms with van der Waals surface area (Å²) in [7, 11) is 0. The Balaban J connectivity index is 1.38. The minimum absolute atomic E-state index is 0.0767. The van der Waals surface area contributed by atoms with Crippen molar-refractivity contribution in [2.75, 3.05) is 11.4 Å². The molecule has 0 bridgehead atoms. The van der Waals surface area contributed by atoms with Crippen molar-refractivity contribution >= 4 is 40.6 Å². The number of amides is 1. The van der Waals surface area contributed by atoms with Crippen LogP contribution in [-0.4, -0.2) is 28.7 Å². The van der Waals surface area contributed by atoms with E-state index in [1.807, 2.05) is 17.0 Å². The van der Waals surface area contributed by atoms with Gasteiger partial charge in [0.05, 0.1) is 22.5 Å². The number of H-pyrrole nitrogens is 1. The number of hydrogen-bond acceptors (Lipinski definition) is 3. The van der Waals surface area contributed by atoms with Gasteiger partial charge in [-0.2, -0.15) is 5.10 Å². The summed E-state index contributed by atoms with van der Waals surface area (Å²) in [5.74, 6) is 0.653. The molecule has 0 spiro atoms. The molecule has 1 heterocycles. The Labute approximate surface area is 190 Å².